The van der Waals surface area contributed by atoms with Crippen LogP contribution in [0.15, 0.2) is 78.9 Å². The molecule has 4 aromatic rings. The van der Waals surface area contributed by atoms with Crippen LogP contribution in [-0.4, -0.2) is 0 Å². The van der Waals surface area contributed by atoms with Gasteiger partial charge in [0.15, 0.2) is 0 Å². The molecule has 0 fully saturated rings. The van der Waals surface area contributed by atoms with E-state index in [1.165, 1.54) is 27.3 Å². The van der Waals surface area contributed by atoms with E-state index >= 15 is 0 Å². The lowest BCUT2D eigenvalue weighted by molar-refractivity contribution is 1.68. The quantitative estimate of drug-likeness (QED) is 0.470. The standard InChI is InChI=1S/C20H15N/c21-20-13-12-18(17-9-3-4-10-19(17)20)16-11-5-7-14-6-1-2-8-15(14)16/h1-13H,21H2. The Labute approximate surface area is 123 Å². The summed E-state index contributed by atoms with van der Waals surface area (Å²) in [6.45, 7) is 0. The van der Waals surface area contributed by atoms with E-state index in [0.29, 0.717) is 0 Å². The molecule has 0 aliphatic heterocycles. The fourth-order valence-electron chi connectivity index (χ4n) is 3.02. The van der Waals surface area contributed by atoms with Crippen LogP contribution in [0.25, 0.3) is 32.7 Å². The maximum Gasteiger partial charge on any atom is 0.0394 e. The summed E-state index contributed by atoms with van der Waals surface area (Å²) in [5, 5.41) is 4.85. The van der Waals surface area contributed by atoms with Gasteiger partial charge in [-0.25, -0.2) is 0 Å². The summed E-state index contributed by atoms with van der Waals surface area (Å²) in [6.07, 6.45) is 0. The van der Waals surface area contributed by atoms with Crippen molar-refractivity contribution >= 4 is 27.2 Å². The number of hydrogen-bond donors (Lipinski definition) is 1. The molecule has 0 unspecified atom stereocenters. The Hall–Kier alpha value is -2.80. The summed E-state index contributed by atoms with van der Waals surface area (Å²) in [5.41, 5.74) is 9.43. The number of fused-ring (bicyclic) bond motifs is 2. The molecule has 0 aliphatic rings. The monoisotopic (exact) mass is 269 g/mol. The average Bonchev–Trinajstić information content (AvgIpc) is 2.55. The van der Waals surface area contributed by atoms with Crippen LogP contribution in [0.5, 0.6) is 0 Å². The third kappa shape index (κ3) is 1.86. The predicted molar refractivity (Wildman–Crippen MR) is 91.3 cm³/mol. The van der Waals surface area contributed by atoms with E-state index < -0.39 is 0 Å². The van der Waals surface area contributed by atoms with Gasteiger partial charge in [-0.15, -0.1) is 0 Å². The molecule has 4 aromatic carbocycles. The number of nitrogen functional groups attached to an aromatic ring is 1. The van der Waals surface area contributed by atoms with Crippen LogP contribution >= 0.6 is 0 Å². The van der Waals surface area contributed by atoms with Crippen molar-refractivity contribution in [3.8, 4) is 11.1 Å². The second-order valence-electron chi connectivity index (χ2n) is 5.27. The molecular weight excluding hydrogens is 254 g/mol. The van der Waals surface area contributed by atoms with Gasteiger partial charge in [0.2, 0.25) is 0 Å². The zero-order valence-corrected chi connectivity index (χ0v) is 11.6. The van der Waals surface area contributed by atoms with Crippen LogP contribution in [0.4, 0.5) is 5.69 Å². The molecule has 0 saturated carbocycles. The minimum atomic E-state index is 0.828. The molecule has 0 saturated heterocycles. The summed E-state index contributed by atoms with van der Waals surface area (Å²) in [5.74, 6) is 0. The molecule has 4 rings (SSSR count). The van der Waals surface area contributed by atoms with Gasteiger partial charge >= 0.3 is 0 Å². The third-order valence-electron chi connectivity index (χ3n) is 4.04. The first-order valence-corrected chi connectivity index (χ1v) is 7.10. The molecule has 0 aliphatic carbocycles. The number of nitrogens with two attached hydrogens (primary N) is 1. The average molecular weight is 269 g/mol. The predicted octanol–water partition coefficient (Wildman–Crippen LogP) is 5.24. The lowest BCUT2D eigenvalue weighted by atomic mass is 9.93. The molecule has 2 N–H and O–H groups in total. The van der Waals surface area contributed by atoms with E-state index in [-0.39, 0.29) is 0 Å². The van der Waals surface area contributed by atoms with Crippen molar-refractivity contribution in [2.75, 3.05) is 5.73 Å². The third-order valence-corrected chi connectivity index (χ3v) is 4.04. The van der Waals surface area contributed by atoms with Crippen LogP contribution in [0.3, 0.4) is 0 Å². The zero-order valence-electron chi connectivity index (χ0n) is 11.6. The van der Waals surface area contributed by atoms with E-state index in [2.05, 4.69) is 66.7 Å². The molecule has 0 spiro atoms. The Morgan fingerprint density at radius 1 is 0.476 bits per heavy atom. The molecule has 100 valence electrons. The van der Waals surface area contributed by atoms with Gasteiger partial charge in [-0.3, -0.25) is 0 Å². The highest BCUT2D eigenvalue weighted by Gasteiger charge is 2.08. The molecule has 0 atom stereocenters. The Balaban J connectivity index is 2.13. The minimum absolute atomic E-state index is 0.828. The molecule has 0 amide bonds. The summed E-state index contributed by atoms with van der Waals surface area (Å²) in [7, 11) is 0. The largest absolute Gasteiger partial charge is 0.398 e. The van der Waals surface area contributed by atoms with Crippen LogP contribution in [0.1, 0.15) is 0 Å². The Kier molecular flexibility index (Phi) is 2.65. The first-order chi connectivity index (χ1) is 10.3. The Morgan fingerprint density at radius 3 is 1.95 bits per heavy atom. The lowest BCUT2D eigenvalue weighted by Gasteiger charge is -2.11. The fourth-order valence-corrected chi connectivity index (χ4v) is 3.02. The summed E-state index contributed by atoms with van der Waals surface area (Å²) in [4.78, 5) is 0. The Bertz CT molecular complexity index is 949. The fraction of sp³-hybridized carbons (Fsp3) is 0. The van der Waals surface area contributed by atoms with E-state index in [4.69, 9.17) is 5.73 Å². The smallest absolute Gasteiger partial charge is 0.0394 e. The maximum absolute atomic E-state index is 6.12. The van der Waals surface area contributed by atoms with Crippen molar-refractivity contribution < 1.29 is 0 Å². The second kappa shape index (κ2) is 4.64. The first kappa shape index (κ1) is 12.0. The van der Waals surface area contributed by atoms with Crippen LogP contribution in [0, 0.1) is 0 Å². The highest BCUT2D eigenvalue weighted by Crippen LogP contribution is 2.35. The van der Waals surface area contributed by atoms with Gasteiger partial charge in [0.05, 0.1) is 0 Å². The van der Waals surface area contributed by atoms with Gasteiger partial charge in [0.25, 0.3) is 0 Å². The lowest BCUT2D eigenvalue weighted by Crippen LogP contribution is -1.89. The number of rotatable bonds is 1. The van der Waals surface area contributed by atoms with Gasteiger partial charge in [-0.05, 0) is 33.4 Å². The van der Waals surface area contributed by atoms with Crippen molar-refractivity contribution in [1.29, 1.82) is 0 Å². The maximum atomic E-state index is 6.12. The van der Waals surface area contributed by atoms with E-state index in [9.17, 15) is 0 Å². The highest BCUT2D eigenvalue weighted by molar-refractivity contribution is 6.08. The van der Waals surface area contributed by atoms with E-state index in [1.807, 2.05) is 12.1 Å². The van der Waals surface area contributed by atoms with Gasteiger partial charge in [0.1, 0.15) is 0 Å². The molecular formula is C20H15N. The minimum Gasteiger partial charge on any atom is -0.398 e. The second-order valence-corrected chi connectivity index (χ2v) is 5.27. The summed E-state index contributed by atoms with van der Waals surface area (Å²) in [6, 6.07) is 27.4. The highest BCUT2D eigenvalue weighted by atomic mass is 14.5. The van der Waals surface area contributed by atoms with Crippen molar-refractivity contribution in [1.82, 2.24) is 0 Å². The number of hydrogen-bond acceptors (Lipinski definition) is 1. The van der Waals surface area contributed by atoms with Gasteiger partial charge < -0.3 is 5.73 Å². The molecule has 0 bridgehead atoms. The number of anilines is 1. The van der Waals surface area contributed by atoms with Gasteiger partial charge in [-0.2, -0.15) is 0 Å². The van der Waals surface area contributed by atoms with Gasteiger partial charge in [0, 0.05) is 11.1 Å². The summed E-state index contributed by atoms with van der Waals surface area (Å²) >= 11 is 0. The van der Waals surface area contributed by atoms with E-state index in [1.54, 1.807) is 0 Å². The molecule has 0 radical (unpaired) electrons. The van der Waals surface area contributed by atoms with Crippen LogP contribution < -0.4 is 5.73 Å². The molecule has 1 nitrogen and oxygen atoms in total. The topological polar surface area (TPSA) is 26.0 Å². The van der Waals surface area contributed by atoms with E-state index in [0.717, 1.165) is 11.1 Å². The molecule has 0 aromatic heterocycles. The molecule has 1 heteroatoms. The van der Waals surface area contributed by atoms with Crippen molar-refractivity contribution in [2.24, 2.45) is 0 Å². The first-order valence-electron chi connectivity index (χ1n) is 7.10. The summed E-state index contributed by atoms with van der Waals surface area (Å²) < 4.78 is 0. The van der Waals surface area contributed by atoms with Crippen LogP contribution in [0.2, 0.25) is 0 Å². The van der Waals surface area contributed by atoms with Gasteiger partial charge in [-0.1, -0.05) is 72.8 Å². The van der Waals surface area contributed by atoms with Crippen molar-refractivity contribution in [3.63, 3.8) is 0 Å². The van der Waals surface area contributed by atoms with Crippen LogP contribution in [-0.2, 0) is 0 Å². The normalized spacial score (nSPS) is 11.0. The molecule has 21 heavy (non-hydrogen) atoms. The SMILES string of the molecule is Nc1ccc(-c2cccc3ccccc23)c2ccccc12. The Morgan fingerprint density at radius 2 is 1.10 bits per heavy atom. The molecule has 0 heterocycles. The number of benzene rings is 4. The zero-order chi connectivity index (χ0) is 14.2. The van der Waals surface area contributed by atoms with Crippen molar-refractivity contribution in [3.05, 3.63) is 78.9 Å². The van der Waals surface area contributed by atoms with Crippen molar-refractivity contribution in [2.45, 2.75) is 0 Å².